The fraction of sp³-hybridized carbons (Fsp3) is 0.357. The molecule has 0 bridgehead atoms. The van der Waals surface area contributed by atoms with Crippen molar-refractivity contribution in [1.82, 2.24) is 9.47 Å². The highest BCUT2D eigenvalue weighted by atomic mass is 19.1. The van der Waals surface area contributed by atoms with Crippen LogP contribution in [0.25, 0.3) is 10.9 Å². The Morgan fingerprint density at radius 3 is 2.84 bits per heavy atom. The largest absolute Gasteiger partial charge is 0.388 e. The van der Waals surface area contributed by atoms with Crippen molar-refractivity contribution in [3.05, 3.63) is 36.5 Å². The maximum atomic E-state index is 13.2. The molecular weight excluding hydrogens is 247 g/mol. The Hall–Kier alpha value is -1.88. The third kappa shape index (κ3) is 2.21. The molecule has 0 unspecified atom stereocenters. The molecule has 0 aliphatic carbocycles. The Labute approximate surface area is 110 Å². The minimum absolute atomic E-state index is 0.0147. The summed E-state index contributed by atoms with van der Waals surface area (Å²) in [4.78, 5) is 13.5. The molecule has 1 fully saturated rings. The van der Waals surface area contributed by atoms with Crippen molar-refractivity contribution < 1.29 is 14.3 Å². The van der Waals surface area contributed by atoms with Gasteiger partial charge in [-0.2, -0.15) is 0 Å². The minimum atomic E-state index is -1.33. The lowest BCUT2D eigenvalue weighted by Gasteiger charge is -2.16. The first kappa shape index (κ1) is 12.2. The topological polar surface area (TPSA) is 45.5 Å². The molecule has 1 aromatic heterocycles. The Balaban J connectivity index is 1.76. The van der Waals surface area contributed by atoms with Gasteiger partial charge in [-0.05, 0) is 17.5 Å². The van der Waals surface area contributed by atoms with Gasteiger partial charge >= 0.3 is 0 Å². The molecule has 2 aromatic rings. The molecule has 3 rings (SSSR count). The summed E-state index contributed by atoms with van der Waals surface area (Å²) >= 11 is 0. The highest BCUT2D eigenvalue weighted by Gasteiger charge is 2.33. The number of nitrogens with zero attached hydrogens (tertiary/aromatic N) is 2. The maximum Gasteiger partial charge on any atom is 0.242 e. The van der Waals surface area contributed by atoms with Crippen LogP contribution in [-0.2, 0) is 11.3 Å². The van der Waals surface area contributed by atoms with Crippen molar-refractivity contribution in [2.75, 3.05) is 13.1 Å². The number of carbonyl (C=O) groups excluding carboxylic acids is 1. The van der Waals surface area contributed by atoms with Gasteiger partial charge in [0.25, 0.3) is 0 Å². The number of carbonyl (C=O) groups is 1. The first-order chi connectivity index (χ1) is 9.15. The Bertz CT molecular complexity index is 600. The Kier molecular flexibility index (Phi) is 2.98. The lowest BCUT2D eigenvalue weighted by molar-refractivity contribution is -0.131. The van der Waals surface area contributed by atoms with Gasteiger partial charge in [0.05, 0.1) is 6.54 Å². The molecule has 1 aromatic carbocycles. The molecule has 5 heteroatoms. The van der Waals surface area contributed by atoms with E-state index >= 15 is 0 Å². The van der Waals surface area contributed by atoms with E-state index < -0.39 is 12.3 Å². The number of aliphatic hydroxyl groups is 1. The number of β-amino-alcohol motifs (C(OH)–C–C–N with tert-alkyl or cyclic N) is 1. The third-order valence-corrected chi connectivity index (χ3v) is 3.56. The molecule has 1 N–H and O–H groups in total. The zero-order chi connectivity index (χ0) is 13.4. The molecule has 0 saturated carbocycles. The summed E-state index contributed by atoms with van der Waals surface area (Å²) in [5.41, 5.74) is 0.979. The van der Waals surface area contributed by atoms with Gasteiger partial charge in [0.2, 0.25) is 5.91 Å². The van der Waals surface area contributed by atoms with E-state index in [9.17, 15) is 14.3 Å². The average molecular weight is 262 g/mol. The van der Waals surface area contributed by atoms with Gasteiger partial charge < -0.3 is 14.6 Å². The number of hydrogen-bond acceptors (Lipinski definition) is 2. The predicted molar refractivity (Wildman–Crippen MR) is 69.4 cm³/mol. The average Bonchev–Trinajstić information content (AvgIpc) is 2.95. The number of alkyl halides is 1. The minimum Gasteiger partial charge on any atom is -0.388 e. The zero-order valence-corrected chi connectivity index (χ0v) is 10.4. The molecule has 0 radical (unpaired) electrons. The summed E-state index contributed by atoms with van der Waals surface area (Å²) in [6.45, 7) is 0.241. The van der Waals surface area contributed by atoms with E-state index in [0.717, 1.165) is 10.9 Å². The molecular formula is C14H15FN2O2. The van der Waals surface area contributed by atoms with Crippen LogP contribution in [0.4, 0.5) is 4.39 Å². The number of aromatic nitrogens is 1. The van der Waals surface area contributed by atoms with E-state index in [4.69, 9.17) is 0 Å². The fourth-order valence-corrected chi connectivity index (χ4v) is 2.47. The van der Waals surface area contributed by atoms with Crippen LogP contribution in [0.15, 0.2) is 36.5 Å². The lowest BCUT2D eigenvalue weighted by Crippen LogP contribution is -2.32. The molecule has 1 aliphatic rings. The lowest BCUT2D eigenvalue weighted by atomic mass is 10.2. The van der Waals surface area contributed by atoms with Gasteiger partial charge in [-0.1, -0.05) is 18.2 Å². The van der Waals surface area contributed by atoms with E-state index in [1.807, 2.05) is 41.1 Å². The molecule has 1 amide bonds. The first-order valence-electron chi connectivity index (χ1n) is 6.29. The standard InChI is InChI=1S/C14H15FN2O2/c15-11-7-17(8-13(11)18)14(19)9-16-6-5-10-3-1-2-4-12(10)16/h1-6,11,13,18H,7-9H2/t11-,13-/m1/s1. The molecule has 100 valence electrons. The molecule has 4 nitrogen and oxygen atoms in total. The van der Waals surface area contributed by atoms with Crippen LogP contribution >= 0.6 is 0 Å². The summed E-state index contributed by atoms with van der Waals surface area (Å²) in [5.74, 6) is -0.166. The maximum absolute atomic E-state index is 13.2. The van der Waals surface area contributed by atoms with Crippen LogP contribution < -0.4 is 0 Å². The number of halogens is 1. The number of para-hydroxylation sites is 1. The molecule has 1 saturated heterocycles. The van der Waals surface area contributed by atoms with E-state index in [1.165, 1.54) is 4.90 Å². The van der Waals surface area contributed by atoms with Gasteiger partial charge in [0.15, 0.2) is 0 Å². The van der Waals surface area contributed by atoms with Crippen LogP contribution in [0.5, 0.6) is 0 Å². The smallest absolute Gasteiger partial charge is 0.242 e. The van der Waals surface area contributed by atoms with Gasteiger partial charge in [0.1, 0.15) is 18.8 Å². The van der Waals surface area contributed by atoms with E-state index in [-0.39, 0.29) is 25.5 Å². The fourth-order valence-electron chi connectivity index (χ4n) is 2.47. The van der Waals surface area contributed by atoms with Gasteiger partial charge in [-0.3, -0.25) is 4.79 Å². The Morgan fingerprint density at radius 2 is 2.11 bits per heavy atom. The van der Waals surface area contributed by atoms with Gasteiger partial charge in [0, 0.05) is 18.3 Å². The molecule has 2 heterocycles. The molecule has 19 heavy (non-hydrogen) atoms. The van der Waals surface area contributed by atoms with Crippen molar-refractivity contribution in [3.63, 3.8) is 0 Å². The highest BCUT2D eigenvalue weighted by molar-refractivity contribution is 5.83. The summed E-state index contributed by atoms with van der Waals surface area (Å²) in [5, 5.41) is 10.4. The van der Waals surface area contributed by atoms with E-state index in [1.54, 1.807) is 0 Å². The monoisotopic (exact) mass is 262 g/mol. The zero-order valence-electron chi connectivity index (χ0n) is 10.4. The number of benzene rings is 1. The second-order valence-electron chi connectivity index (χ2n) is 4.88. The van der Waals surface area contributed by atoms with Crippen LogP contribution in [0.1, 0.15) is 0 Å². The van der Waals surface area contributed by atoms with E-state index in [0.29, 0.717) is 0 Å². The van der Waals surface area contributed by atoms with Crippen molar-refractivity contribution in [2.45, 2.75) is 18.8 Å². The number of amides is 1. The molecule has 2 atom stereocenters. The predicted octanol–water partition coefficient (Wildman–Crippen LogP) is 1.18. The summed E-state index contributed by atoms with van der Waals surface area (Å²) in [6.07, 6.45) is -0.530. The van der Waals surface area contributed by atoms with Crippen molar-refractivity contribution in [1.29, 1.82) is 0 Å². The van der Waals surface area contributed by atoms with Crippen LogP contribution in [-0.4, -0.2) is 45.8 Å². The van der Waals surface area contributed by atoms with Crippen molar-refractivity contribution in [3.8, 4) is 0 Å². The first-order valence-corrected chi connectivity index (χ1v) is 6.29. The summed E-state index contributed by atoms with van der Waals surface area (Å²) in [6, 6.07) is 9.73. The van der Waals surface area contributed by atoms with Gasteiger partial charge in [-0.25, -0.2) is 4.39 Å². The summed E-state index contributed by atoms with van der Waals surface area (Å²) < 4.78 is 15.1. The van der Waals surface area contributed by atoms with Gasteiger partial charge in [-0.15, -0.1) is 0 Å². The number of rotatable bonds is 2. The molecule has 1 aliphatic heterocycles. The third-order valence-electron chi connectivity index (χ3n) is 3.56. The quantitative estimate of drug-likeness (QED) is 0.883. The normalized spacial score (nSPS) is 23.2. The number of fused-ring (bicyclic) bond motifs is 1. The van der Waals surface area contributed by atoms with Crippen LogP contribution in [0.2, 0.25) is 0 Å². The second kappa shape index (κ2) is 4.66. The van der Waals surface area contributed by atoms with Crippen molar-refractivity contribution >= 4 is 16.8 Å². The number of aliphatic hydroxyl groups excluding tert-OH is 1. The summed E-state index contributed by atoms with van der Waals surface area (Å²) in [7, 11) is 0. The second-order valence-corrected chi connectivity index (χ2v) is 4.88. The van der Waals surface area contributed by atoms with E-state index in [2.05, 4.69) is 0 Å². The van der Waals surface area contributed by atoms with Crippen LogP contribution in [0.3, 0.4) is 0 Å². The highest BCUT2D eigenvalue weighted by Crippen LogP contribution is 2.17. The molecule has 0 spiro atoms. The van der Waals surface area contributed by atoms with Crippen LogP contribution in [0, 0.1) is 0 Å². The SMILES string of the molecule is O=C(Cn1ccc2ccccc21)N1C[C@@H](O)[C@H](F)C1. The number of hydrogen-bond donors (Lipinski definition) is 1. The van der Waals surface area contributed by atoms with Crippen molar-refractivity contribution in [2.24, 2.45) is 0 Å². The Morgan fingerprint density at radius 1 is 1.32 bits per heavy atom. The number of likely N-dealkylation sites (tertiary alicyclic amines) is 1.